The first-order chi connectivity index (χ1) is 17.8. The van der Waals surface area contributed by atoms with Crippen molar-refractivity contribution in [3.05, 3.63) is 71.8 Å². The largest absolute Gasteiger partial charge is 0.461 e. The Morgan fingerprint density at radius 3 is 1.89 bits per heavy atom. The molecule has 2 aliphatic carbocycles. The number of esters is 1. The monoisotopic (exact) mass is 504 g/mol. The number of nitrogens with zero attached hydrogens (tertiary/aromatic N) is 2. The number of carbonyl (C=O) groups is 1. The molecule has 2 aromatic carbocycles. The Morgan fingerprint density at radius 2 is 1.38 bits per heavy atom. The molecule has 0 aromatic heterocycles. The van der Waals surface area contributed by atoms with Crippen molar-refractivity contribution in [1.29, 1.82) is 0 Å². The van der Waals surface area contributed by atoms with Gasteiger partial charge in [-0.15, -0.1) is 0 Å². The maximum atomic E-state index is 14.1. The molecule has 0 heterocycles. The van der Waals surface area contributed by atoms with Gasteiger partial charge in [-0.25, -0.2) is 0 Å². The van der Waals surface area contributed by atoms with Crippen molar-refractivity contribution >= 4 is 5.97 Å². The van der Waals surface area contributed by atoms with E-state index in [4.69, 9.17) is 4.74 Å². The molecule has 2 saturated carbocycles. The SMILES string of the molecule is CCN(CC)CCN(CC)CC1C2CCC(C)(C1OC(=O)C(c1ccccc1)c1ccccc1)C2(C)C. The molecule has 4 atom stereocenters. The van der Waals surface area contributed by atoms with Crippen molar-refractivity contribution in [3.8, 4) is 0 Å². The van der Waals surface area contributed by atoms with Gasteiger partial charge in [-0.3, -0.25) is 4.79 Å². The van der Waals surface area contributed by atoms with E-state index in [9.17, 15) is 4.79 Å². The van der Waals surface area contributed by atoms with E-state index in [0.717, 1.165) is 56.8 Å². The van der Waals surface area contributed by atoms with E-state index >= 15 is 0 Å². The zero-order valence-corrected chi connectivity index (χ0v) is 24.0. The molecule has 202 valence electrons. The average Bonchev–Trinajstić information content (AvgIpc) is 3.23. The smallest absolute Gasteiger partial charge is 0.318 e. The van der Waals surface area contributed by atoms with Gasteiger partial charge in [0.1, 0.15) is 12.0 Å². The summed E-state index contributed by atoms with van der Waals surface area (Å²) in [6.07, 6.45) is 2.30. The standard InChI is InChI=1S/C33H48N2O2/c1-7-34(8-2)22-23-35(9-3)24-27-28-20-21-33(6,32(28,4)5)30(27)37-31(36)29(25-16-12-10-13-17-25)26-18-14-11-15-19-26/h10-19,27-30H,7-9,20-24H2,1-6H3. The van der Waals surface area contributed by atoms with E-state index in [1.165, 1.54) is 6.42 Å². The highest BCUT2D eigenvalue weighted by molar-refractivity contribution is 5.82. The summed E-state index contributed by atoms with van der Waals surface area (Å²) in [4.78, 5) is 19.2. The van der Waals surface area contributed by atoms with Crippen molar-refractivity contribution in [2.45, 2.75) is 66.4 Å². The van der Waals surface area contributed by atoms with Crippen LogP contribution in [-0.2, 0) is 9.53 Å². The van der Waals surface area contributed by atoms with Gasteiger partial charge in [0.05, 0.1) is 0 Å². The zero-order valence-electron chi connectivity index (χ0n) is 24.0. The van der Waals surface area contributed by atoms with Crippen molar-refractivity contribution in [1.82, 2.24) is 9.80 Å². The second kappa shape index (κ2) is 11.7. The van der Waals surface area contributed by atoms with Crippen molar-refractivity contribution < 1.29 is 9.53 Å². The number of hydrogen-bond acceptors (Lipinski definition) is 4. The van der Waals surface area contributed by atoms with E-state index in [1.54, 1.807) is 0 Å². The van der Waals surface area contributed by atoms with Crippen LogP contribution in [0.4, 0.5) is 0 Å². The minimum absolute atomic E-state index is 0.00575. The Kier molecular flexibility index (Phi) is 8.81. The maximum Gasteiger partial charge on any atom is 0.318 e. The van der Waals surface area contributed by atoms with Gasteiger partial charge in [-0.05, 0) is 54.9 Å². The van der Waals surface area contributed by atoms with E-state index < -0.39 is 5.92 Å². The summed E-state index contributed by atoms with van der Waals surface area (Å²) in [5.41, 5.74) is 2.14. The molecule has 0 saturated heterocycles. The molecule has 0 spiro atoms. The van der Waals surface area contributed by atoms with Gasteiger partial charge in [0.25, 0.3) is 0 Å². The Morgan fingerprint density at radius 1 is 0.865 bits per heavy atom. The molecule has 4 heteroatoms. The molecule has 37 heavy (non-hydrogen) atoms. The predicted molar refractivity (Wildman–Crippen MR) is 153 cm³/mol. The highest BCUT2D eigenvalue weighted by atomic mass is 16.5. The maximum absolute atomic E-state index is 14.1. The van der Waals surface area contributed by atoms with Gasteiger partial charge in [-0.2, -0.15) is 0 Å². The predicted octanol–water partition coefficient (Wildman–Crippen LogP) is 6.47. The number of benzene rings is 2. The highest BCUT2D eigenvalue weighted by Crippen LogP contribution is 2.68. The van der Waals surface area contributed by atoms with E-state index in [2.05, 4.69) is 75.6 Å². The number of ether oxygens (including phenoxy) is 1. The summed E-state index contributed by atoms with van der Waals surface area (Å²) < 4.78 is 6.70. The Hall–Kier alpha value is -2.17. The normalized spacial score (nSPS) is 26.4. The molecule has 4 rings (SSSR count). The molecule has 0 amide bonds. The minimum Gasteiger partial charge on any atom is -0.461 e. The lowest BCUT2D eigenvalue weighted by molar-refractivity contribution is -0.162. The molecule has 2 bridgehead atoms. The summed E-state index contributed by atoms with van der Waals surface area (Å²) in [7, 11) is 0. The first-order valence-corrected chi connectivity index (χ1v) is 14.5. The number of likely N-dealkylation sites (N-methyl/N-ethyl adjacent to an activating group) is 2. The summed E-state index contributed by atoms with van der Waals surface area (Å²) in [6, 6.07) is 20.3. The van der Waals surface area contributed by atoms with Crippen LogP contribution in [0, 0.1) is 22.7 Å². The van der Waals surface area contributed by atoms with Crippen LogP contribution in [0.1, 0.15) is 71.4 Å². The summed E-state index contributed by atoms with van der Waals surface area (Å²) >= 11 is 0. The fourth-order valence-electron chi connectivity index (χ4n) is 7.39. The topological polar surface area (TPSA) is 32.8 Å². The molecular formula is C33H48N2O2. The van der Waals surface area contributed by atoms with Gasteiger partial charge in [-0.1, -0.05) is 102 Å². The molecule has 4 unspecified atom stereocenters. The van der Waals surface area contributed by atoms with Crippen molar-refractivity contribution in [3.63, 3.8) is 0 Å². The lowest BCUT2D eigenvalue weighted by Gasteiger charge is -2.41. The van der Waals surface area contributed by atoms with Crippen LogP contribution in [0.3, 0.4) is 0 Å². The van der Waals surface area contributed by atoms with E-state index in [-0.39, 0.29) is 22.9 Å². The minimum atomic E-state index is -0.404. The molecule has 0 radical (unpaired) electrons. The average molecular weight is 505 g/mol. The lowest BCUT2D eigenvalue weighted by atomic mass is 9.70. The van der Waals surface area contributed by atoms with Crippen LogP contribution in [-0.4, -0.2) is 61.1 Å². The first-order valence-electron chi connectivity index (χ1n) is 14.5. The van der Waals surface area contributed by atoms with Crippen LogP contribution >= 0.6 is 0 Å². The third-order valence-corrected chi connectivity index (χ3v) is 10.2. The Balaban J connectivity index is 1.60. The fourth-order valence-corrected chi connectivity index (χ4v) is 7.39. The van der Waals surface area contributed by atoms with Crippen molar-refractivity contribution in [2.24, 2.45) is 22.7 Å². The molecule has 2 fully saturated rings. The second-order valence-corrected chi connectivity index (χ2v) is 12.0. The molecular weight excluding hydrogens is 456 g/mol. The molecule has 2 aliphatic rings. The number of fused-ring (bicyclic) bond motifs is 2. The van der Waals surface area contributed by atoms with Gasteiger partial charge in [0.2, 0.25) is 0 Å². The van der Waals surface area contributed by atoms with Gasteiger partial charge in [0.15, 0.2) is 0 Å². The quantitative estimate of drug-likeness (QED) is 0.310. The van der Waals surface area contributed by atoms with Crippen LogP contribution < -0.4 is 0 Å². The zero-order chi connectivity index (χ0) is 26.6. The Bertz CT molecular complexity index is 964. The number of rotatable bonds is 12. The van der Waals surface area contributed by atoms with Crippen LogP contribution in [0.5, 0.6) is 0 Å². The molecule has 0 N–H and O–H groups in total. The summed E-state index contributed by atoms with van der Waals surface area (Å²) in [6.45, 7) is 20.3. The van der Waals surface area contributed by atoms with Crippen LogP contribution in [0.25, 0.3) is 0 Å². The molecule has 4 nitrogen and oxygen atoms in total. The molecule has 2 aromatic rings. The third-order valence-electron chi connectivity index (χ3n) is 10.2. The van der Waals surface area contributed by atoms with Gasteiger partial charge < -0.3 is 14.5 Å². The van der Waals surface area contributed by atoms with E-state index in [1.807, 2.05) is 36.4 Å². The van der Waals surface area contributed by atoms with Gasteiger partial charge in [0, 0.05) is 31.0 Å². The number of hydrogen-bond donors (Lipinski definition) is 0. The third kappa shape index (κ3) is 5.38. The molecule has 0 aliphatic heterocycles. The first kappa shape index (κ1) is 27.9. The highest BCUT2D eigenvalue weighted by Gasteiger charge is 2.67. The van der Waals surface area contributed by atoms with E-state index in [0.29, 0.717) is 11.8 Å². The van der Waals surface area contributed by atoms with Crippen molar-refractivity contribution in [2.75, 3.05) is 39.3 Å². The lowest BCUT2D eigenvalue weighted by Crippen LogP contribution is -2.46. The van der Waals surface area contributed by atoms with Crippen LogP contribution in [0.15, 0.2) is 60.7 Å². The summed E-state index contributed by atoms with van der Waals surface area (Å²) in [5.74, 6) is 0.424. The number of carbonyl (C=O) groups excluding carboxylic acids is 1. The van der Waals surface area contributed by atoms with Gasteiger partial charge >= 0.3 is 5.97 Å². The fraction of sp³-hybridized carbons (Fsp3) is 0.606. The van der Waals surface area contributed by atoms with Crippen LogP contribution in [0.2, 0.25) is 0 Å². The second-order valence-electron chi connectivity index (χ2n) is 12.0. The summed E-state index contributed by atoms with van der Waals surface area (Å²) in [5, 5.41) is 0. The Labute approximate surface area is 225 Å².